The Labute approximate surface area is 177 Å². The number of primary amides is 1. The topological polar surface area (TPSA) is 72.2 Å². The molecule has 0 saturated carbocycles. The van der Waals surface area contributed by atoms with Crippen molar-refractivity contribution in [1.82, 2.24) is 5.32 Å². The number of carbonyl (C=O) groups excluding carboxylic acids is 2. The van der Waals surface area contributed by atoms with Gasteiger partial charge < -0.3 is 11.1 Å². The maximum atomic E-state index is 12.8. The fourth-order valence-corrected chi connectivity index (χ4v) is 3.21. The molecule has 7 heteroatoms. The Morgan fingerprint density at radius 3 is 2.10 bits per heavy atom. The molecule has 0 saturated heterocycles. The second-order valence-corrected chi connectivity index (χ2v) is 7.16. The van der Waals surface area contributed by atoms with E-state index in [0.717, 1.165) is 28.8 Å². The van der Waals surface area contributed by atoms with Crippen LogP contribution in [0.15, 0.2) is 78.9 Å². The first-order valence-electron chi connectivity index (χ1n) is 9.61. The number of rotatable bonds is 7. The molecule has 0 aliphatic rings. The van der Waals surface area contributed by atoms with E-state index in [-0.39, 0.29) is 18.4 Å². The fourth-order valence-electron chi connectivity index (χ4n) is 3.21. The van der Waals surface area contributed by atoms with Gasteiger partial charge in [-0.3, -0.25) is 9.59 Å². The Kier molecular flexibility index (Phi) is 6.74. The van der Waals surface area contributed by atoms with Gasteiger partial charge in [0.2, 0.25) is 11.8 Å². The van der Waals surface area contributed by atoms with Crippen molar-refractivity contribution in [1.29, 1.82) is 0 Å². The predicted octanol–water partition coefficient (Wildman–Crippen LogP) is 4.13. The summed E-state index contributed by atoms with van der Waals surface area (Å²) >= 11 is 0. The maximum absolute atomic E-state index is 12.8. The molecule has 0 spiro atoms. The number of hydrogen-bond acceptors (Lipinski definition) is 2. The molecule has 160 valence electrons. The molecule has 4 nitrogen and oxygen atoms in total. The number of alkyl halides is 3. The molecule has 0 radical (unpaired) electrons. The Bertz CT molecular complexity index is 1050. The molecule has 0 aromatic heterocycles. The van der Waals surface area contributed by atoms with E-state index in [1.165, 1.54) is 12.1 Å². The lowest BCUT2D eigenvalue weighted by atomic mass is 10.00. The fraction of sp³-hybridized carbons (Fsp3) is 0.167. The number of benzene rings is 3. The average molecular weight is 426 g/mol. The number of carbonyl (C=O) groups is 2. The normalized spacial score (nSPS) is 12.2. The first-order chi connectivity index (χ1) is 14.7. The summed E-state index contributed by atoms with van der Waals surface area (Å²) in [5.41, 5.74) is 7.65. The van der Waals surface area contributed by atoms with Gasteiger partial charge in [-0.2, -0.15) is 13.2 Å². The van der Waals surface area contributed by atoms with Crippen LogP contribution in [-0.2, 0) is 28.6 Å². The summed E-state index contributed by atoms with van der Waals surface area (Å²) in [6.45, 7) is 0. The molecule has 3 aromatic carbocycles. The third kappa shape index (κ3) is 6.18. The monoisotopic (exact) mass is 426 g/mol. The highest BCUT2D eigenvalue weighted by Gasteiger charge is 2.30. The van der Waals surface area contributed by atoms with Gasteiger partial charge in [-0.1, -0.05) is 72.8 Å². The molecule has 3 aromatic rings. The van der Waals surface area contributed by atoms with E-state index in [1.54, 1.807) is 0 Å². The van der Waals surface area contributed by atoms with Gasteiger partial charge in [-0.05, 0) is 28.3 Å². The molecule has 0 heterocycles. The van der Waals surface area contributed by atoms with Gasteiger partial charge >= 0.3 is 6.18 Å². The minimum Gasteiger partial charge on any atom is -0.368 e. The molecular formula is C24H21F3N2O2. The van der Waals surface area contributed by atoms with Crippen LogP contribution in [0.2, 0.25) is 0 Å². The molecule has 0 fully saturated rings. The molecule has 0 bridgehead atoms. The highest BCUT2D eigenvalue weighted by Crippen LogP contribution is 2.29. The summed E-state index contributed by atoms with van der Waals surface area (Å²) in [6, 6.07) is 20.8. The number of amides is 2. The second-order valence-electron chi connectivity index (χ2n) is 7.16. The smallest absolute Gasteiger partial charge is 0.368 e. The second kappa shape index (κ2) is 9.47. The van der Waals surface area contributed by atoms with Crippen LogP contribution in [0.1, 0.15) is 16.7 Å². The Morgan fingerprint density at radius 1 is 0.839 bits per heavy atom. The Hall–Kier alpha value is -3.61. The number of hydrogen-bond donors (Lipinski definition) is 2. The molecule has 0 unspecified atom stereocenters. The zero-order valence-corrected chi connectivity index (χ0v) is 16.5. The summed E-state index contributed by atoms with van der Waals surface area (Å²) in [6.07, 6.45) is -4.60. The van der Waals surface area contributed by atoms with Crippen LogP contribution < -0.4 is 11.1 Å². The van der Waals surface area contributed by atoms with E-state index in [0.29, 0.717) is 0 Å². The van der Waals surface area contributed by atoms with E-state index >= 15 is 0 Å². The summed E-state index contributed by atoms with van der Waals surface area (Å²) in [4.78, 5) is 24.1. The quantitative estimate of drug-likeness (QED) is 0.596. The third-order valence-corrected chi connectivity index (χ3v) is 4.80. The van der Waals surface area contributed by atoms with E-state index in [9.17, 15) is 22.8 Å². The highest BCUT2D eigenvalue weighted by molar-refractivity contribution is 5.87. The van der Waals surface area contributed by atoms with Crippen molar-refractivity contribution in [3.05, 3.63) is 95.6 Å². The van der Waals surface area contributed by atoms with E-state index < -0.39 is 29.6 Å². The van der Waals surface area contributed by atoms with Gasteiger partial charge in [0.05, 0.1) is 12.0 Å². The lowest BCUT2D eigenvalue weighted by molar-refractivity contribution is -0.137. The minimum atomic E-state index is -4.49. The number of nitrogens with one attached hydrogen (secondary N) is 1. The molecule has 3 N–H and O–H groups in total. The van der Waals surface area contributed by atoms with Crippen molar-refractivity contribution < 1.29 is 22.8 Å². The lowest BCUT2D eigenvalue weighted by Crippen LogP contribution is -2.46. The first-order valence-corrected chi connectivity index (χ1v) is 9.61. The number of halogens is 3. The molecule has 1 atom stereocenters. The molecule has 3 rings (SSSR count). The van der Waals surface area contributed by atoms with Gasteiger partial charge in [0.1, 0.15) is 6.04 Å². The van der Waals surface area contributed by atoms with Crippen LogP contribution in [-0.4, -0.2) is 17.9 Å². The van der Waals surface area contributed by atoms with Crippen LogP contribution in [0, 0.1) is 0 Å². The van der Waals surface area contributed by atoms with E-state index in [1.807, 2.05) is 54.6 Å². The first kappa shape index (κ1) is 22.1. The van der Waals surface area contributed by atoms with Crippen molar-refractivity contribution in [2.24, 2.45) is 5.73 Å². The molecule has 0 aliphatic heterocycles. The SMILES string of the molecule is NC(=O)[C@H](Cc1ccc(-c2ccccc2)cc1)NC(=O)Cc1cccc(C(F)(F)F)c1. The lowest BCUT2D eigenvalue weighted by Gasteiger charge is -2.16. The van der Waals surface area contributed by atoms with Gasteiger partial charge in [-0.15, -0.1) is 0 Å². The maximum Gasteiger partial charge on any atom is 0.416 e. The van der Waals surface area contributed by atoms with Crippen LogP contribution in [0.25, 0.3) is 11.1 Å². The molecular weight excluding hydrogens is 405 g/mol. The average Bonchev–Trinajstić information content (AvgIpc) is 2.74. The van der Waals surface area contributed by atoms with Crippen molar-refractivity contribution in [2.75, 3.05) is 0 Å². The van der Waals surface area contributed by atoms with Crippen LogP contribution in [0.4, 0.5) is 13.2 Å². The van der Waals surface area contributed by atoms with Gasteiger partial charge in [-0.25, -0.2) is 0 Å². The van der Waals surface area contributed by atoms with Crippen molar-refractivity contribution in [3.63, 3.8) is 0 Å². The van der Waals surface area contributed by atoms with Crippen molar-refractivity contribution in [2.45, 2.75) is 25.1 Å². The minimum absolute atomic E-state index is 0.179. The Balaban J connectivity index is 1.65. The summed E-state index contributed by atoms with van der Waals surface area (Å²) in [5.74, 6) is -1.30. The molecule has 31 heavy (non-hydrogen) atoms. The van der Waals surface area contributed by atoms with E-state index in [2.05, 4.69) is 5.32 Å². The van der Waals surface area contributed by atoms with Gasteiger partial charge in [0.15, 0.2) is 0 Å². The number of nitrogens with two attached hydrogens (primary N) is 1. The predicted molar refractivity (Wildman–Crippen MR) is 112 cm³/mol. The van der Waals surface area contributed by atoms with E-state index in [4.69, 9.17) is 5.73 Å². The Morgan fingerprint density at radius 2 is 1.48 bits per heavy atom. The van der Waals surface area contributed by atoms with Gasteiger partial charge in [0, 0.05) is 6.42 Å². The van der Waals surface area contributed by atoms with Crippen LogP contribution >= 0.6 is 0 Å². The standard InChI is InChI=1S/C24H21F3N2O2/c25-24(26,27)20-8-4-5-17(13-20)15-22(30)29-21(23(28)31)14-16-9-11-19(12-10-16)18-6-2-1-3-7-18/h1-13,21H,14-15H2,(H2,28,31)(H,29,30)/t21-/m0/s1. The van der Waals surface area contributed by atoms with Crippen LogP contribution in [0.5, 0.6) is 0 Å². The third-order valence-electron chi connectivity index (χ3n) is 4.80. The summed E-state index contributed by atoms with van der Waals surface area (Å²) in [5, 5.41) is 2.52. The van der Waals surface area contributed by atoms with Crippen LogP contribution in [0.3, 0.4) is 0 Å². The summed E-state index contributed by atoms with van der Waals surface area (Å²) in [7, 11) is 0. The largest absolute Gasteiger partial charge is 0.416 e. The highest BCUT2D eigenvalue weighted by atomic mass is 19.4. The van der Waals surface area contributed by atoms with Gasteiger partial charge in [0.25, 0.3) is 0 Å². The van der Waals surface area contributed by atoms with Crippen molar-refractivity contribution in [3.8, 4) is 11.1 Å². The molecule has 2 amide bonds. The zero-order chi connectivity index (χ0) is 22.4. The zero-order valence-electron chi connectivity index (χ0n) is 16.5. The molecule has 0 aliphatic carbocycles. The summed E-state index contributed by atoms with van der Waals surface area (Å²) < 4.78 is 38.5. The van der Waals surface area contributed by atoms with Crippen molar-refractivity contribution >= 4 is 11.8 Å².